The van der Waals surface area contributed by atoms with Gasteiger partial charge in [0.2, 0.25) is 0 Å². The predicted octanol–water partition coefficient (Wildman–Crippen LogP) is 3.20. The van der Waals surface area contributed by atoms with Gasteiger partial charge in [-0.2, -0.15) is 5.10 Å². The summed E-state index contributed by atoms with van der Waals surface area (Å²) in [5.41, 5.74) is 1.45. The van der Waals surface area contributed by atoms with Crippen molar-refractivity contribution in [1.29, 1.82) is 0 Å². The van der Waals surface area contributed by atoms with E-state index in [1.807, 2.05) is 12.1 Å². The summed E-state index contributed by atoms with van der Waals surface area (Å²) in [6.45, 7) is 0. The minimum Gasteiger partial charge on any atom is -0.296 e. The van der Waals surface area contributed by atoms with Crippen molar-refractivity contribution in [2.45, 2.75) is 0 Å². The molecule has 0 spiro atoms. The third-order valence-electron chi connectivity index (χ3n) is 1.98. The zero-order chi connectivity index (χ0) is 10.8. The summed E-state index contributed by atoms with van der Waals surface area (Å²) in [6.07, 6.45) is 0.621. The van der Waals surface area contributed by atoms with Crippen LogP contribution in [-0.2, 0) is 0 Å². The molecule has 0 radical (unpaired) electrons. The van der Waals surface area contributed by atoms with Gasteiger partial charge in [-0.3, -0.25) is 9.89 Å². The van der Waals surface area contributed by atoms with Crippen LogP contribution in [0.15, 0.2) is 24.3 Å². The zero-order valence-corrected chi connectivity index (χ0v) is 9.01. The minimum atomic E-state index is 0.256. The Labute approximate surface area is 96.0 Å². The SMILES string of the molecule is O=Cc1[nH]nc(-c2ccccc2Cl)c1Cl. The summed E-state index contributed by atoms with van der Waals surface area (Å²) in [5, 5.41) is 7.32. The summed E-state index contributed by atoms with van der Waals surface area (Å²) in [6, 6.07) is 7.17. The van der Waals surface area contributed by atoms with Gasteiger partial charge in [0.1, 0.15) is 11.4 Å². The van der Waals surface area contributed by atoms with Crippen molar-refractivity contribution in [2.75, 3.05) is 0 Å². The molecule has 1 heterocycles. The van der Waals surface area contributed by atoms with Crippen molar-refractivity contribution in [2.24, 2.45) is 0 Å². The highest BCUT2D eigenvalue weighted by molar-refractivity contribution is 6.37. The van der Waals surface area contributed by atoms with Crippen molar-refractivity contribution in [3.05, 3.63) is 40.0 Å². The van der Waals surface area contributed by atoms with Crippen LogP contribution in [-0.4, -0.2) is 16.5 Å². The second-order valence-corrected chi connectivity index (χ2v) is 3.68. The lowest BCUT2D eigenvalue weighted by atomic mass is 10.1. The van der Waals surface area contributed by atoms with Gasteiger partial charge in [-0.25, -0.2) is 0 Å². The van der Waals surface area contributed by atoms with E-state index in [9.17, 15) is 4.79 Å². The number of carbonyl (C=O) groups is 1. The third kappa shape index (κ3) is 1.76. The maximum absolute atomic E-state index is 10.6. The molecular formula is C10H6Cl2N2O. The number of benzene rings is 1. The molecule has 1 aromatic carbocycles. The van der Waals surface area contributed by atoms with E-state index in [1.54, 1.807) is 12.1 Å². The van der Waals surface area contributed by atoms with Gasteiger partial charge in [0, 0.05) is 5.56 Å². The molecule has 0 unspecified atom stereocenters. The van der Waals surface area contributed by atoms with Crippen LogP contribution < -0.4 is 0 Å². The molecule has 15 heavy (non-hydrogen) atoms. The Bertz CT molecular complexity index is 508. The van der Waals surface area contributed by atoms with Gasteiger partial charge in [0.25, 0.3) is 0 Å². The summed E-state index contributed by atoms with van der Waals surface area (Å²) >= 11 is 11.9. The number of carbonyl (C=O) groups excluding carboxylic acids is 1. The fraction of sp³-hybridized carbons (Fsp3) is 0. The number of rotatable bonds is 2. The molecule has 0 bridgehead atoms. The standard InChI is InChI=1S/C10H6Cl2N2O/c11-7-4-2-1-3-6(7)10-9(12)8(5-15)13-14-10/h1-5H,(H,13,14). The molecule has 2 rings (SSSR count). The molecule has 0 fully saturated rings. The number of nitrogens with one attached hydrogen (secondary N) is 1. The Morgan fingerprint density at radius 3 is 2.60 bits per heavy atom. The smallest absolute Gasteiger partial charge is 0.169 e. The first-order valence-corrected chi connectivity index (χ1v) is 4.93. The van der Waals surface area contributed by atoms with Crippen LogP contribution in [0, 0.1) is 0 Å². The summed E-state index contributed by atoms with van der Waals surface area (Å²) in [7, 11) is 0. The molecule has 0 saturated carbocycles. The largest absolute Gasteiger partial charge is 0.296 e. The number of aromatic amines is 1. The average Bonchev–Trinajstić information content (AvgIpc) is 2.60. The van der Waals surface area contributed by atoms with E-state index in [0.717, 1.165) is 0 Å². The van der Waals surface area contributed by atoms with Gasteiger partial charge in [0.05, 0.1) is 10.0 Å². The lowest BCUT2D eigenvalue weighted by Crippen LogP contribution is -1.80. The van der Waals surface area contributed by atoms with Crippen LogP contribution >= 0.6 is 23.2 Å². The van der Waals surface area contributed by atoms with Crippen LogP contribution in [0.5, 0.6) is 0 Å². The van der Waals surface area contributed by atoms with E-state index in [2.05, 4.69) is 10.2 Å². The lowest BCUT2D eigenvalue weighted by molar-refractivity contribution is 0.111. The number of hydrogen-bond acceptors (Lipinski definition) is 2. The first-order valence-electron chi connectivity index (χ1n) is 4.18. The highest BCUT2D eigenvalue weighted by atomic mass is 35.5. The van der Waals surface area contributed by atoms with E-state index < -0.39 is 0 Å². The minimum absolute atomic E-state index is 0.256. The predicted molar refractivity (Wildman–Crippen MR) is 59.4 cm³/mol. The molecule has 0 amide bonds. The van der Waals surface area contributed by atoms with Crippen LogP contribution in [0.25, 0.3) is 11.3 Å². The summed E-state index contributed by atoms with van der Waals surface area (Å²) in [4.78, 5) is 10.6. The van der Waals surface area contributed by atoms with Gasteiger partial charge in [-0.15, -0.1) is 0 Å². The van der Waals surface area contributed by atoms with Crippen molar-refractivity contribution < 1.29 is 4.79 Å². The molecule has 1 aromatic heterocycles. The Hall–Kier alpha value is -1.32. The molecule has 2 aromatic rings. The summed E-state index contributed by atoms with van der Waals surface area (Å²) < 4.78 is 0. The van der Waals surface area contributed by atoms with Crippen LogP contribution in [0.1, 0.15) is 10.5 Å². The third-order valence-corrected chi connectivity index (χ3v) is 2.69. The number of aldehydes is 1. The van der Waals surface area contributed by atoms with Crippen molar-refractivity contribution in [1.82, 2.24) is 10.2 Å². The first kappa shape index (κ1) is 10.2. The van der Waals surface area contributed by atoms with Crippen LogP contribution in [0.3, 0.4) is 0 Å². The van der Waals surface area contributed by atoms with Crippen molar-refractivity contribution in [3.63, 3.8) is 0 Å². The Morgan fingerprint density at radius 1 is 1.27 bits per heavy atom. The topological polar surface area (TPSA) is 45.8 Å². The number of nitrogens with zero attached hydrogens (tertiary/aromatic N) is 1. The van der Waals surface area contributed by atoms with E-state index in [4.69, 9.17) is 23.2 Å². The van der Waals surface area contributed by atoms with Gasteiger partial charge in [0.15, 0.2) is 6.29 Å². The highest BCUT2D eigenvalue weighted by Crippen LogP contribution is 2.32. The number of halogens is 2. The van der Waals surface area contributed by atoms with Gasteiger partial charge in [-0.1, -0.05) is 41.4 Å². The maximum Gasteiger partial charge on any atom is 0.169 e. The quantitative estimate of drug-likeness (QED) is 0.820. The Kier molecular flexibility index (Phi) is 2.75. The fourth-order valence-electron chi connectivity index (χ4n) is 1.25. The lowest BCUT2D eigenvalue weighted by Gasteiger charge is -1.99. The molecule has 0 aliphatic carbocycles. The molecule has 1 N–H and O–H groups in total. The monoisotopic (exact) mass is 240 g/mol. The second kappa shape index (κ2) is 4.04. The fourth-order valence-corrected chi connectivity index (χ4v) is 1.71. The maximum atomic E-state index is 10.6. The molecule has 0 aliphatic heterocycles. The van der Waals surface area contributed by atoms with Crippen LogP contribution in [0.4, 0.5) is 0 Å². The van der Waals surface area contributed by atoms with E-state index in [1.165, 1.54) is 0 Å². The molecule has 3 nitrogen and oxygen atoms in total. The van der Waals surface area contributed by atoms with Crippen molar-refractivity contribution >= 4 is 29.5 Å². The average molecular weight is 241 g/mol. The molecule has 5 heteroatoms. The summed E-state index contributed by atoms with van der Waals surface area (Å²) in [5.74, 6) is 0. The van der Waals surface area contributed by atoms with E-state index in [-0.39, 0.29) is 10.7 Å². The van der Waals surface area contributed by atoms with Gasteiger partial charge >= 0.3 is 0 Å². The highest BCUT2D eigenvalue weighted by Gasteiger charge is 2.14. The molecule has 0 saturated heterocycles. The number of H-pyrrole nitrogens is 1. The molecule has 76 valence electrons. The molecule has 0 aliphatic rings. The van der Waals surface area contributed by atoms with Crippen LogP contribution in [0.2, 0.25) is 10.0 Å². The Balaban J connectivity index is 2.59. The Morgan fingerprint density at radius 2 is 2.00 bits per heavy atom. The first-order chi connectivity index (χ1) is 7.24. The van der Waals surface area contributed by atoms with Gasteiger partial charge < -0.3 is 0 Å². The number of hydrogen-bond donors (Lipinski definition) is 1. The number of aromatic nitrogens is 2. The normalized spacial score (nSPS) is 10.3. The zero-order valence-electron chi connectivity index (χ0n) is 7.50. The molecule has 0 atom stereocenters. The van der Waals surface area contributed by atoms with Crippen molar-refractivity contribution in [3.8, 4) is 11.3 Å². The van der Waals surface area contributed by atoms with E-state index in [0.29, 0.717) is 22.6 Å². The van der Waals surface area contributed by atoms with Gasteiger partial charge in [-0.05, 0) is 6.07 Å². The second-order valence-electron chi connectivity index (χ2n) is 2.90. The van der Waals surface area contributed by atoms with E-state index >= 15 is 0 Å². The molecular weight excluding hydrogens is 235 g/mol.